The Hall–Kier alpha value is -1.00. The van der Waals surface area contributed by atoms with Crippen molar-refractivity contribution < 1.29 is 9.05 Å². The lowest BCUT2D eigenvalue weighted by molar-refractivity contribution is 0.136. The third-order valence-electron chi connectivity index (χ3n) is 1.16. The first-order valence-electron chi connectivity index (χ1n) is 3.08. The molecule has 1 aromatic carbocycles. The van der Waals surface area contributed by atoms with E-state index in [-0.39, 0.29) is 11.5 Å². The number of hydrogen-bond donors (Lipinski definition) is 0. The van der Waals surface area contributed by atoms with Crippen molar-refractivity contribution in [2.45, 2.75) is 6.61 Å². The van der Waals surface area contributed by atoms with Crippen LogP contribution in [-0.4, -0.2) is 4.21 Å². The lowest BCUT2D eigenvalue weighted by Gasteiger charge is -1.93. The summed E-state index contributed by atoms with van der Waals surface area (Å²) in [6.45, 7) is 0.357. The summed E-state index contributed by atoms with van der Waals surface area (Å²) in [5.41, 5.74) is 1.00. The smallest absolute Gasteiger partial charge is 0.229 e. The lowest BCUT2D eigenvalue weighted by atomic mass is 10.2. The molecule has 0 amide bonds. The second kappa shape index (κ2) is 4.76. The molecule has 58 valence electrons. The molecule has 0 spiro atoms. The van der Waals surface area contributed by atoms with Gasteiger partial charge in [-0.05, 0) is 10.1 Å². The van der Waals surface area contributed by atoms with E-state index in [0.29, 0.717) is 6.61 Å². The van der Waals surface area contributed by atoms with Crippen LogP contribution in [0.1, 0.15) is 5.56 Å². The average Bonchev–Trinajstić information content (AvgIpc) is 2.07. The van der Waals surface area contributed by atoms with E-state index < -0.39 is 0 Å². The van der Waals surface area contributed by atoms with Crippen molar-refractivity contribution in [3.8, 4) is 0 Å². The first kappa shape index (κ1) is 8.10. The van der Waals surface area contributed by atoms with Crippen molar-refractivity contribution in [2.75, 3.05) is 0 Å². The van der Waals surface area contributed by atoms with Crippen LogP contribution in [0.3, 0.4) is 0 Å². The van der Waals surface area contributed by atoms with Gasteiger partial charge in [-0.15, -0.1) is 0 Å². The number of benzene rings is 1. The van der Waals surface area contributed by atoms with Crippen LogP contribution in [0.15, 0.2) is 34.9 Å². The Morgan fingerprint density at radius 2 is 2.09 bits per heavy atom. The van der Waals surface area contributed by atoms with Crippen molar-refractivity contribution in [2.24, 2.45) is 4.53 Å². The molecular weight excluding hydrogens is 162 g/mol. The Balaban J connectivity index is 2.45. The molecule has 4 heteroatoms. The SMILES string of the molecule is O=S=NOCc1ccccc1. The second-order valence-electron chi connectivity index (χ2n) is 1.91. The summed E-state index contributed by atoms with van der Waals surface area (Å²) >= 11 is 0.0736. The zero-order valence-electron chi connectivity index (χ0n) is 5.77. The van der Waals surface area contributed by atoms with E-state index in [1.165, 1.54) is 0 Å². The minimum atomic E-state index is 0.0736. The molecule has 0 bridgehead atoms. The van der Waals surface area contributed by atoms with Crippen LogP contribution in [0.2, 0.25) is 0 Å². The monoisotopic (exact) mass is 169 g/mol. The third kappa shape index (κ3) is 3.06. The Labute approximate surface area is 68.2 Å². The van der Waals surface area contributed by atoms with Crippen molar-refractivity contribution in [3.05, 3.63) is 35.9 Å². The molecule has 0 heterocycles. The predicted molar refractivity (Wildman–Crippen MR) is 41.8 cm³/mol. The predicted octanol–water partition coefficient (Wildman–Crippen LogP) is 1.51. The van der Waals surface area contributed by atoms with E-state index in [1.807, 2.05) is 30.3 Å². The van der Waals surface area contributed by atoms with Crippen LogP contribution < -0.4 is 0 Å². The molecule has 0 aliphatic carbocycles. The molecule has 0 unspecified atom stereocenters. The van der Waals surface area contributed by atoms with Crippen LogP contribution >= 0.6 is 0 Å². The molecule has 0 saturated carbocycles. The largest absolute Gasteiger partial charge is 0.235 e. The van der Waals surface area contributed by atoms with Gasteiger partial charge >= 0.3 is 0 Å². The molecule has 0 aromatic heterocycles. The Morgan fingerprint density at radius 3 is 2.73 bits per heavy atom. The summed E-state index contributed by atoms with van der Waals surface area (Å²) in [5, 5.41) is 0. The quantitative estimate of drug-likeness (QED) is 0.643. The number of nitrogens with zero attached hydrogens (tertiary/aromatic N) is 1. The van der Waals surface area contributed by atoms with E-state index in [1.54, 1.807) is 0 Å². The van der Waals surface area contributed by atoms with Crippen molar-refractivity contribution in [1.29, 1.82) is 0 Å². The van der Waals surface area contributed by atoms with Crippen molar-refractivity contribution in [1.82, 2.24) is 0 Å². The Morgan fingerprint density at radius 1 is 1.36 bits per heavy atom. The molecule has 3 nitrogen and oxygen atoms in total. The van der Waals surface area contributed by atoms with Gasteiger partial charge in [-0.3, -0.25) is 0 Å². The van der Waals surface area contributed by atoms with Gasteiger partial charge in [-0.2, -0.15) is 4.21 Å². The normalized spacial score (nSPS) is 9.09. The Kier molecular flexibility index (Phi) is 3.51. The van der Waals surface area contributed by atoms with Gasteiger partial charge in [0, 0.05) is 0 Å². The highest BCUT2D eigenvalue weighted by Gasteiger charge is 1.87. The van der Waals surface area contributed by atoms with E-state index in [2.05, 4.69) is 9.36 Å². The molecule has 0 atom stereocenters. The first-order valence-corrected chi connectivity index (χ1v) is 3.78. The van der Waals surface area contributed by atoms with E-state index in [4.69, 9.17) is 0 Å². The van der Waals surface area contributed by atoms with Crippen LogP contribution in [0.5, 0.6) is 0 Å². The third-order valence-corrected chi connectivity index (χ3v) is 1.32. The fourth-order valence-electron chi connectivity index (χ4n) is 0.697. The Bertz CT molecular complexity index is 256. The molecule has 0 aliphatic rings. The van der Waals surface area contributed by atoms with E-state index >= 15 is 0 Å². The zero-order chi connectivity index (χ0) is 7.94. The highest BCUT2D eigenvalue weighted by atomic mass is 32.1. The van der Waals surface area contributed by atoms with E-state index in [0.717, 1.165) is 5.56 Å². The molecule has 0 radical (unpaired) electrons. The van der Waals surface area contributed by atoms with Gasteiger partial charge in [0.2, 0.25) is 11.5 Å². The summed E-state index contributed by atoms with van der Waals surface area (Å²) in [6, 6.07) is 9.55. The van der Waals surface area contributed by atoms with Crippen LogP contribution in [0.25, 0.3) is 0 Å². The molecule has 11 heavy (non-hydrogen) atoms. The number of hydrogen-bond acceptors (Lipinski definition) is 3. The van der Waals surface area contributed by atoms with Crippen molar-refractivity contribution >= 4 is 11.5 Å². The topological polar surface area (TPSA) is 38.7 Å². The minimum absolute atomic E-state index is 0.0736. The minimum Gasteiger partial charge on any atom is -0.235 e. The van der Waals surface area contributed by atoms with Gasteiger partial charge in [0.1, 0.15) is 6.61 Å². The molecule has 0 fully saturated rings. The molecule has 0 N–H and O–H groups in total. The summed E-state index contributed by atoms with van der Waals surface area (Å²) in [4.78, 5) is 4.64. The fourth-order valence-corrected chi connectivity index (χ4v) is 0.792. The van der Waals surface area contributed by atoms with Crippen LogP contribution in [0.4, 0.5) is 0 Å². The van der Waals surface area contributed by atoms with Gasteiger partial charge < -0.3 is 0 Å². The molecule has 1 rings (SSSR count). The van der Waals surface area contributed by atoms with Crippen LogP contribution in [0, 0.1) is 0 Å². The maximum Gasteiger partial charge on any atom is 0.229 e. The standard InChI is InChI=1S/C7H7NO2S/c9-11-8-10-6-7-4-2-1-3-5-7/h1-5H,6H2. The summed E-state index contributed by atoms with van der Waals surface area (Å²) in [6.07, 6.45) is 0. The molecule has 0 aliphatic heterocycles. The van der Waals surface area contributed by atoms with Gasteiger partial charge in [-0.25, -0.2) is 4.84 Å². The van der Waals surface area contributed by atoms with Gasteiger partial charge in [0.15, 0.2) is 0 Å². The average molecular weight is 169 g/mol. The van der Waals surface area contributed by atoms with E-state index in [9.17, 15) is 4.21 Å². The van der Waals surface area contributed by atoms with Crippen LogP contribution in [-0.2, 0) is 22.9 Å². The number of rotatable bonds is 3. The highest BCUT2D eigenvalue weighted by molar-refractivity contribution is 7.54. The van der Waals surface area contributed by atoms with Gasteiger partial charge in [-0.1, -0.05) is 30.3 Å². The van der Waals surface area contributed by atoms with Gasteiger partial charge in [0.25, 0.3) is 0 Å². The summed E-state index contributed by atoms with van der Waals surface area (Å²) < 4.78 is 12.9. The maximum absolute atomic E-state index is 9.75. The van der Waals surface area contributed by atoms with Crippen molar-refractivity contribution in [3.63, 3.8) is 0 Å². The first-order chi connectivity index (χ1) is 5.43. The zero-order valence-corrected chi connectivity index (χ0v) is 6.58. The molecular formula is C7H7NO2S. The molecule has 1 aromatic rings. The summed E-state index contributed by atoms with van der Waals surface area (Å²) in [5.74, 6) is 0. The fraction of sp³-hybridized carbons (Fsp3) is 0.143. The second-order valence-corrected chi connectivity index (χ2v) is 2.21. The maximum atomic E-state index is 9.75. The lowest BCUT2D eigenvalue weighted by Crippen LogP contribution is -1.83. The van der Waals surface area contributed by atoms with Gasteiger partial charge in [0.05, 0.1) is 0 Å². The highest BCUT2D eigenvalue weighted by Crippen LogP contribution is 1.99. The summed E-state index contributed by atoms with van der Waals surface area (Å²) in [7, 11) is 0. The molecule has 0 saturated heterocycles.